The van der Waals surface area contributed by atoms with E-state index in [2.05, 4.69) is 5.32 Å². The summed E-state index contributed by atoms with van der Waals surface area (Å²) in [5, 5.41) is 2.78. The Morgan fingerprint density at radius 3 is 2.54 bits per heavy atom. The molecule has 1 aliphatic rings. The van der Waals surface area contributed by atoms with E-state index in [9.17, 15) is 14.4 Å². The Labute approximate surface area is 154 Å². The summed E-state index contributed by atoms with van der Waals surface area (Å²) in [4.78, 5) is 39.1. The maximum Gasteiger partial charge on any atom is 0.328 e. The number of esters is 1. The summed E-state index contributed by atoms with van der Waals surface area (Å²) in [5.41, 5.74) is 0.926. The quantitative estimate of drug-likeness (QED) is 0.754. The van der Waals surface area contributed by atoms with Crippen molar-refractivity contribution in [3.05, 3.63) is 35.9 Å². The Morgan fingerprint density at radius 1 is 1.23 bits per heavy atom. The number of nitrogens with one attached hydrogen (secondary N) is 1. The van der Waals surface area contributed by atoms with Crippen LogP contribution in [0, 0.1) is 5.92 Å². The molecule has 0 aliphatic carbocycles. The number of carbonyl (C=O) groups is 3. The summed E-state index contributed by atoms with van der Waals surface area (Å²) in [7, 11) is 0. The molecule has 1 saturated heterocycles. The van der Waals surface area contributed by atoms with Crippen molar-refractivity contribution in [1.29, 1.82) is 0 Å². The summed E-state index contributed by atoms with van der Waals surface area (Å²) in [6.07, 6.45) is 1.67. The predicted molar refractivity (Wildman–Crippen MR) is 98.3 cm³/mol. The fraction of sp³-hybridized carbons (Fsp3) is 0.550. The molecule has 0 unspecified atom stereocenters. The van der Waals surface area contributed by atoms with E-state index >= 15 is 0 Å². The standard InChI is InChI=1S/C20H28N2O4/c1-4-26-20(25)18(14(2)3)21-19(24)16-11-8-12-22(16)17(23)13-15-9-6-5-7-10-15/h5-7,9-10,14,16,18H,4,8,11-13H2,1-3H3,(H,21,24)/t16-,18-/m0/s1. The molecule has 142 valence electrons. The molecule has 26 heavy (non-hydrogen) atoms. The molecule has 1 aromatic rings. The minimum atomic E-state index is -0.700. The van der Waals surface area contributed by atoms with Crippen LogP contribution in [0.3, 0.4) is 0 Å². The minimum Gasteiger partial charge on any atom is -0.464 e. The topological polar surface area (TPSA) is 75.7 Å². The second-order valence-corrected chi connectivity index (χ2v) is 6.89. The fourth-order valence-electron chi connectivity index (χ4n) is 3.19. The lowest BCUT2D eigenvalue weighted by Gasteiger charge is -2.27. The Bertz CT molecular complexity index is 630. The van der Waals surface area contributed by atoms with Gasteiger partial charge in [-0.2, -0.15) is 0 Å². The molecule has 0 aromatic heterocycles. The molecule has 0 saturated carbocycles. The molecule has 2 atom stereocenters. The van der Waals surface area contributed by atoms with Crippen LogP contribution in [-0.4, -0.2) is 47.9 Å². The first kappa shape index (κ1) is 19.9. The predicted octanol–water partition coefficient (Wildman–Crippen LogP) is 1.92. The van der Waals surface area contributed by atoms with E-state index in [0.717, 1.165) is 12.0 Å². The number of rotatable bonds is 7. The van der Waals surface area contributed by atoms with Crippen molar-refractivity contribution in [2.45, 2.75) is 52.1 Å². The molecule has 0 spiro atoms. The van der Waals surface area contributed by atoms with Crippen molar-refractivity contribution < 1.29 is 19.1 Å². The number of carbonyl (C=O) groups excluding carboxylic acids is 3. The molecule has 1 aromatic carbocycles. The third kappa shape index (κ3) is 5.07. The van der Waals surface area contributed by atoms with Gasteiger partial charge >= 0.3 is 5.97 Å². The fourth-order valence-corrected chi connectivity index (χ4v) is 3.19. The molecule has 0 radical (unpaired) electrons. The Kier molecular flexibility index (Phi) is 7.18. The molecule has 1 aliphatic heterocycles. The SMILES string of the molecule is CCOC(=O)[C@@H](NC(=O)[C@@H]1CCCN1C(=O)Cc1ccccc1)C(C)C. The molecule has 6 nitrogen and oxygen atoms in total. The molecule has 1 N–H and O–H groups in total. The molecule has 2 rings (SSSR count). The Morgan fingerprint density at radius 2 is 1.92 bits per heavy atom. The molecule has 0 bridgehead atoms. The maximum atomic E-state index is 12.7. The van der Waals surface area contributed by atoms with Crippen molar-refractivity contribution in [3.63, 3.8) is 0 Å². The summed E-state index contributed by atoms with van der Waals surface area (Å²) < 4.78 is 5.05. The molecule has 6 heteroatoms. The lowest BCUT2D eigenvalue weighted by molar-refractivity contribution is -0.149. The zero-order chi connectivity index (χ0) is 19.1. The highest BCUT2D eigenvalue weighted by atomic mass is 16.5. The van der Waals surface area contributed by atoms with Gasteiger partial charge in [0.15, 0.2) is 0 Å². The van der Waals surface area contributed by atoms with Gasteiger partial charge in [0.1, 0.15) is 12.1 Å². The third-order valence-corrected chi connectivity index (χ3v) is 4.58. The summed E-state index contributed by atoms with van der Waals surface area (Å²) in [6, 6.07) is 8.27. The zero-order valence-electron chi connectivity index (χ0n) is 15.7. The number of amides is 2. The van der Waals surface area contributed by atoms with Crippen LogP contribution in [-0.2, 0) is 25.5 Å². The molecular formula is C20H28N2O4. The van der Waals surface area contributed by atoms with Crippen LogP contribution in [0.15, 0.2) is 30.3 Å². The maximum absolute atomic E-state index is 12.7. The van der Waals surface area contributed by atoms with Gasteiger partial charge in [-0.15, -0.1) is 0 Å². The Balaban J connectivity index is 2.02. The largest absolute Gasteiger partial charge is 0.464 e. The molecular weight excluding hydrogens is 332 g/mol. The van der Waals surface area contributed by atoms with E-state index < -0.39 is 18.1 Å². The normalized spacial score (nSPS) is 17.8. The van der Waals surface area contributed by atoms with E-state index in [1.807, 2.05) is 44.2 Å². The van der Waals surface area contributed by atoms with Gasteiger partial charge in [0.2, 0.25) is 11.8 Å². The number of hydrogen-bond donors (Lipinski definition) is 1. The number of likely N-dealkylation sites (tertiary alicyclic amines) is 1. The van der Waals surface area contributed by atoms with Crippen LogP contribution in [0.25, 0.3) is 0 Å². The molecule has 2 amide bonds. The van der Waals surface area contributed by atoms with Crippen LogP contribution in [0.4, 0.5) is 0 Å². The van der Waals surface area contributed by atoms with Crippen LogP contribution in [0.5, 0.6) is 0 Å². The van der Waals surface area contributed by atoms with Crippen molar-refractivity contribution in [3.8, 4) is 0 Å². The van der Waals surface area contributed by atoms with E-state index in [4.69, 9.17) is 4.74 Å². The first-order valence-corrected chi connectivity index (χ1v) is 9.24. The van der Waals surface area contributed by atoms with E-state index in [0.29, 0.717) is 13.0 Å². The van der Waals surface area contributed by atoms with Crippen molar-refractivity contribution >= 4 is 17.8 Å². The second kappa shape index (κ2) is 9.36. The van der Waals surface area contributed by atoms with Gasteiger partial charge in [0.25, 0.3) is 0 Å². The summed E-state index contributed by atoms with van der Waals surface area (Å²) >= 11 is 0. The van der Waals surface area contributed by atoms with Crippen LogP contribution in [0.2, 0.25) is 0 Å². The average Bonchev–Trinajstić information content (AvgIpc) is 3.10. The highest BCUT2D eigenvalue weighted by Crippen LogP contribution is 2.20. The van der Waals surface area contributed by atoms with Crippen LogP contribution < -0.4 is 5.32 Å². The lowest BCUT2D eigenvalue weighted by Crippen LogP contribution is -2.53. The smallest absolute Gasteiger partial charge is 0.328 e. The van der Waals surface area contributed by atoms with E-state index in [1.165, 1.54) is 0 Å². The van der Waals surface area contributed by atoms with Crippen molar-refractivity contribution in [2.75, 3.05) is 13.2 Å². The van der Waals surface area contributed by atoms with Gasteiger partial charge < -0.3 is 15.0 Å². The second-order valence-electron chi connectivity index (χ2n) is 6.89. The van der Waals surface area contributed by atoms with Crippen LogP contribution in [0.1, 0.15) is 39.2 Å². The molecule has 1 heterocycles. The highest BCUT2D eigenvalue weighted by molar-refractivity contribution is 5.91. The number of nitrogens with zero attached hydrogens (tertiary/aromatic N) is 1. The van der Waals surface area contributed by atoms with Gasteiger partial charge in [0.05, 0.1) is 13.0 Å². The molecule has 1 fully saturated rings. The first-order chi connectivity index (χ1) is 12.4. The van der Waals surface area contributed by atoms with Crippen molar-refractivity contribution in [2.24, 2.45) is 5.92 Å². The van der Waals surface area contributed by atoms with Gasteiger partial charge in [-0.05, 0) is 31.2 Å². The monoisotopic (exact) mass is 360 g/mol. The van der Waals surface area contributed by atoms with Gasteiger partial charge in [-0.3, -0.25) is 9.59 Å². The number of hydrogen-bond acceptors (Lipinski definition) is 4. The van der Waals surface area contributed by atoms with E-state index in [-0.39, 0.29) is 30.8 Å². The van der Waals surface area contributed by atoms with Crippen LogP contribution >= 0.6 is 0 Å². The Hall–Kier alpha value is -2.37. The van der Waals surface area contributed by atoms with Gasteiger partial charge in [-0.25, -0.2) is 4.79 Å². The third-order valence-electron chi connectivity index (χ3n) is 4.58. The van der Waals surface area contributed by atoms with E-state index in [1.54, 1.807) is 11.8 Å². The first-order valence-electron chi connectivity index (χ1n) is 9.24. The summed E-state index contributed by atoms with van der Waals surface area (Å²) in [6.45, 7) is 6.28. The zero-order valence-corrected chi connectivity index (χ0v) is 15.7. The van der Waals surface area contributed by atoms with Gasteiger partial charge in [-0.1, -0.05) is 44.2 Å². The highest BCUT2D eigenvalue weighted by Gasteiger charge is 2.36. The minimum absolute atomic E-state index is 0.0638. The lowest BCUT2D eigenvalue weighted by atomic mass is 10.0. The number of ether oxygens (including phenoxy) is 1. The van der Waals surface area contributed by atoms with Crippen molar-refractivity contribution in [1.82, 2.24) is 10.2 Å². The van der Waals surface area contributed by atoms with Gasteiger partial charge in [0, 0.05) is 6.54 Å². The average molecular weight is 360 g/mol. The number of benzene rings is 1. The summed E-state index contributed by atoms with van der Waals surface area (Å²) in [5.74, 6) is -0.870.